The van der Waals surface area contributed by atoms with Gasteiger partial charge < -0.3 is 15.6 Å². The number of nitrogens with two attached hydrogens (primary N) is 1. The monoisotopic (exact) mass is 302 g/mol. The lowest BCUT2D eigenvalue weighted by atomic mass is 9.99. The molecule has 0 bridgehead atoms. The third-order valence-electron chi connectivity index (χ3n) is 3.77. The fraction of sp³-hybridized carbons (Fsp3) is 0.438. The number of hydrogen-bond acceptors (Lipinski definition) is 5. The van der Waals surface area contributed by atoms with Gasteiger partial charge >= 0.3 is 0 Å². The maximum absolute atomic E-state index is 12.1. The van der Waals surface area contributed by atoms with Gasteiger partial charge in [-0.25, -0.2) is 0 Å². The Bertz CT molecular complexity index is 612. The third kappa shape index (κ3) is 3.71. The standard InChI is InChI=1S/C16H22N4O2/c1-4-10(2)13(17)15(21)18-11(3)14-19-16(22-20-14)12-8-6-5-7-9-12/h5-11,13H,4,17H2,1-3H3,(H,18,21). The minimum absolute atomic E-state index is 0.123. The van der Waals surface area contributed by atoms with E-state index in [1.165, 1.54) is 0 Å². The Balaban J connectivity index is 2.03. The highest BCUT2D eigenvalue weighted by Gasteiger charge is 2.23. The second kappa shape index (κ2) is 7.17. The van der Waals surface area contributed by atoms with E-state index in [4.69, 9.17) is 10.3 Å². The number of hydrogen-bond donors (Lipinski definition) is 2. The molecule has 0 radical (unpaired) electrons. The van der Waals surface area contributed by atoms with Crippen LogP contribution in [0.15, 0.2) is 34.9 Å². The summed E-state index contributed by atoms with van der Waals surface area (Å²) in [7, 11) is 0. The second-order valence-corrected chi connectivity index (χ2v) is 5.47. The van der Waals surface area contributed by atoms with Crippen LogP contribution in [0.3, 0.4) is 0 Å². The first kappa shape index (κ1) is 16.2. The molecule has 2 aromatic rings. The van der Waals surface area contributed by atoms with Crippen LogP contribution in [0.2, 0.25) is 0 Å². The van der Waals surface area contributed by atoms with Crippen LogP contribution in [0.4, 0.5) is 0 Å². The van der Waals surface area contributed by atoms with Gasteiger partial charge in [-0.3, -0.25) is 4.79 Å². The normalized spacial score (nSPS) is 15.1. The van der Waals surface area contributed by atoms with Crippen LogP contribution in [0.25, 0.3) is 11.5 Å². The number of nitrogens with zero attached hydrogens (tertiary/aromatic N) is 2. The van der Waals surface area contributed by atoms with Gasteiger partial charge in [0.1, 0.15) is 0 Å². The topological polar surface area (TPSA) is 94.0 Å². The number of rotatable bonds is 6. The molecule has 0 aliphatic rings. The quantitative estimate of drug-likeness (QED) is 0.853. The van der Waals surface area contributed by atoms with E-state index in [0.717, 1.165) is 12.0 Å². The van der Waals surface area contributed by atoms with E-state index in [-0.39, 0.29) is 17.9 Å². The van der Waals surface area contributed by atoms with Crippen LogP contribution in [0.1, 0.15) is 39.1 Å². The Morgan fingerprint density at radius 2 is 2.00 bits per heavy atom. The molecule has 0 aliphatic heterocycles. The van der Waals surface area contributed by atoms with Gasteiger partial charge in [0.25, 0.3) is 5.89 Å². The molecular weight excluding hydrogens is 280 g/mol. The molecule has 6 nitrogen and oxygen atoms in total. The Labute approximate surface area is 130 Å². The van der Waals surface area contributed by atoms with Gasteiger partial charge in [0.2, 0.25) is 5.91 Å². The molecule has 3 N–H and O–H groups in total. The first-order chi connectivity index (χ1) is 10.5. The Morgan fingerprint density at radius 3 is 2.64 bits per heavy atom. The average molecular weight is 302 g/mol. The summed E-state index contributed by atoms with van der Waals surface area (Å²) in [6.45, 7) is 5.77. The zero-order valence-electron chi connectivity index (χ0n) is 13.1. The summed E-state index contributed by atoms with van der Waals surface area (Å²) in [5.41, 5.74) is 6.76. The van der Waals surface area contributed by atoms with Crippen molar-refractivity contribution in [2.75, 3.05) is 0 Å². The van der Waals surface area contributed by atoms with Gasteiger partial charge in [-0.15, -0.1) is 0 Å². The summed E-state index contributed by atoms with van der Waals surface area (Å²) < 4.78 is 5.24. The molecule has 0 spiro atoms. The first-order valence-corrected chi connectivity index (χ1v) is 7.48. The number of aromatic nitrogens is 2. The van der Waals surface area contributed by atoms with E-state index in [2.05, 4.69) is 15.5 Å². The molecule has 3 atom stereocenters. The van der Waals surface area contributed by atoms with Gasteiger partial charge in [-0.2, -0.15) is 4.98 Å². The van der Waals surface area contributed by atoms with Crippen molar-refractivity contribution in [2.45, 2.75) is 39.3 Å². The zero-order valence-corrected chi connectivity index (χ0v) is 13.1. The largest absolute Gasteiger partial charge is 0.345 e. The molecule has 0 fully saturated rings. The minimum atomic E-state index is -0.534. The van der Waals surface area contributed by atoms with Crippen LogP contribution in [-0.2, 0) is 4.79 Å². The molecule has 1 heterocycles. The van der Waals surface area contributed by atoms with E-state index in [0.29, 0.717) is 11.7 Å². The summed E-state index contributed by atoms with van der Waals surface area (Å²) >= 11 is 0. The predicted molar refractivity (Wildman–Crippen MR) is 83.7 cm³/mol. The summed E-state index contributed by atoms with van der Waals surface area (Å²) in [5.74, 6) is 0.789. The lowest BCUT2D eigenvalue weighted by molar-refractivity contribution is -0.124. The molecular formula is C16H22N4O2. The van der Waals surface area contributed by atoms with Crippen molar-refractivity contribution in [2.24, 2.45) is 11.7 Å². The van der Waals surface area contributed by atoms with Crippen molar-refractivity contribution < 1.29 is 9.32 Å². The predicted octanol–water partition coefficient (Wildman–Crippen LogP) is 2.29. The van der Waals surface area contributed by atoms with E-state index >= 15 is 0 Å². The zero-order chi connectivity index (χ0) is 16.1. The molecule has 0 saturated heterocycles. The van der Waals surface area contributed by atoms with Crippen molar-refractivity contribution in [1.82, 2.24) is 15.5 Å². The molecule has 0 saturated carbocycles. The van der Waals surface area contributed by atoms with E-state index in [1.807, 2.05) is 44.2 Å². The smallest absolute Gasteiger partial charge is 0.257 e. The fourth-order valence-corrected chi connectivity index (χ4v) is 2.00. The lowest BCUT2D eigenvalue weighted by Crippen LogP contribution is -2.45. The second-order valence-electron chi connectivity index (χ2n) is 5.47. The van der Waals surface area contributed by atoms with Crippen molar-refractivity contribution in [3.05, 3.63) is 36.2 Å². The average Bonchev–Trinajstić information content (AvgIpc) is 3.04. The Morgan fingerprint density at radius 1 is 1.32 bits per heavy atom. The molecule has 22 heavy (non-hydrogen) atoms. The molecule has 2 rings (SSSR count). The molecule has 3 unspecified atom stereocenters. The summed E-state index contributed by atoms with van der Waals surface area (Å²) in [4.78, 5) is 16.4. The van der Waals surface area contributed by atoms with Gasteiger partial charge in [-0.05, 0) is 25.0 Å². The maximum Gasteiger partial charge on any atom is 0.257 e. The molecule has 6 heteroatoms. The molecule has 1 aromatic heterocycles. The lowest BCUT2D eigenvalue weighted by Gasteiger charge is -2.19. The Kier molecular flexibility index (Phi) is 5.27. The number of carbonyl (C=O) groups excluding carboxylic acids is 1. The minimum Gasteiger partial charge on any atom is -0.345 e. The van der Waals surface area contributed by atoms with Crippen LogP contribution in [0.5, 0.6) is 0 Å². The van der Waals surface area contributed by atoms with Gasteiger partial charge in [0, 0.05) is 5.56 Å². The summed E-state index contributed by atoms with van der Waals surface area (Å²) in [5, 5.41) is 6.76. The highest BCUT2D eigenvalue weighted by molar-refractivity contribution is 5.82. The summed E-state index contributed by atoms with van der Waals surface area (Å²) in [6, 6.07) is 8.60. The Hall–Kier alpha value is -2.21. The van der Waals surface area contributed by atoms with Crippen LogP contribution >= 0.6 is 0 Å². The third-order valence-corrected chi connectivity index (χ3v) is 3.77. The molecule has 118 valence electrons. The highest BCUT2D eigenvalue weighted by Crippen LogP contribution is 2.19. The van der Waals surface area contributed by atoms with Gasteiger partial charge in [-0.1, -0.05) is 43.6 Å². The maximum atomic E-state index is 12.1. The van der Waals surface area contributed by atoms with Crippen molar-refractivity contribution in [3.8, 4) is 11.5 Å². The first-order valence-electron chi connectivity index (χ1n) is 7.48. The van der Waals surface area contributed by atoms with Crippen molar-refractivity contribution in [3.63, 3.8) is 0 Å². The van der Waals surface area contributed by atoms with Crippen molar-refractivity contribution in [1.29, 1.82) is 0 Å². The van der Waals surface area contributed by atoms with Crippen LogP contribution < -0.4 is 11.1 Å². The highest BCUT2D eigenvalue weighted by atomic mass is 16.5. The van der Waals surface area contributed by atoms with Gasteiger partial charge in [0.15, 0.2) is 5.82 Å². The fourth-order valence-electron chi connectivity index (χ4n) is 2.00. The number of benzene rings is 1. The number of nitrogens with one attached hydrogen (secondary N) is 1. The van der Waals surface area contributed by atoms with Gasteiger partial charge in [0.05, 0.1) is 12.1 Å². The number of amides is 1. The molecule has 1 aromatic carbocycles. The van der Waals surface area contributed by atoms with E-state index in [9.17, 15) is 4.79 Å². The van der Waals surface area contributed by atoms with E-state index < -0.39 is 6.04 Å². The summed E-state index contributed by atoms with van der Waals surface area (Å²) in [6.07, 6.45) is 0.851. The SMILES string of the molecule is CCC(C)C(N)C(=O)NC(C)c1noc(-c2ccccc2)n1. The van der Waals surface area contributed by atoms with Crippen LogP contribution in [0, 0.1) is 5.92 Å². The van der Waals surface area contributed by atoms with E-state index in [1.54, 1.807) is 6.92 Å². The molecule has 1 amide bonds. The van der Waals surface area contributed by atoms with Crippen molar-refractivity contribution >= 4 is 5.91 Å². The number of carbonyl (C=O) groups is 1. The molecule has 0 aliphatic carbocycles. The van der Waals surface area contributed by atoms with Crippen LogP contribution in [-0.4, -0.2) is 22.1 Å².